The number of aromatic amines is 1. The first-order chi connectivity index (χ1) is 12.6. The lowest BCUT2D eigenvalue weighted by molar-refractivity contribution is -0.142. The second-order valence-corrected chi connectivity index (χ2v) is 7.15. The Morgan fingerprint density at radius 1 is 1.11 bits per heavy atom. The Morgan fingerprint density at radius 2 is 1.74 bits per heavy atom. The van der Waals surface area contributed by atoms with Gasteiger partial charge in [-0.1, -0.05) is 11.6 Å². The molecule has 2 aromatic heterocycles. The minimum Gasteiger partial charge on any atom is -0.423 e. The predicted octanol–water partition coefficient (Wildman–Crippen LogP) is 3.87. The quantitative estimate of drug-likeness (QED) is 0.527. The normalized spacial score (nSPS) is 11.6. The van der Waals surface area contributed by atoms with Crippen LogP contribution in [0.2, 0.25) is 5.02 Å². The molecule has 9 heteroatoms. The summed E-state index contributed by atoms with van der Waals surface area (Å²) < 4.78 is 33.8. The molecular formula is C18H14ClF2N3O3. The molecule has 2 heterocycles. The van der Waals surface area contributed by atoms with E-state index in [9.17, 15) is 18.4 Å². The number of halogens is 3. The zero-order valence-electron chi connectivity index (χ0n) is 14.6. The van der Waals surface area contributed by atoms with Gasteiger partial charge < -0.3 is 9.72 Å². The van der Waals surface area contributed by atoms with Gasteiger partial charge >= 0.3 is 5.97 Å². The van der Waals surface area contributed by atoms with Gasteiger partial charge in [-0.3, -0.25) is 9.59 Å². The van der Waals surface area contributed by atoms with Crippen LogP contribution in [0.25, 0.3) is 22.3 Å². The maximum atomic E-state index is 14.5. The van der Waals surface area contributed by atoms with E-state index >= 15 is 0 Å². The number of ether oxygens (including phenoxy) is 1. The summed E-state index contributed by atoms with van der Waals surface area (Å²) in [5.41, 5.74) is -2.73. The van der Waals surface area contributed by atoms with Gasteiger partial charge in [0.1, 0.15) is 17.2 Å². The highest BCUT2D eigenvalue weighted by atomic mass is 35.5. The van der Waals surface area contributed by atoms with Gasteiger partial charge in [-0.25, -0.2) is 18.7 Å². The number of H-pyrrole nitrogens is 1. The van der Waals surface area contributed by atoms with E-state index < -0.39 is 44.7 Å². The second kappa shape index (κ2) is 6.70. The van der Waals surface area contributed by atoms with Crippen LogP contribution < -0.4 is 10.3 Å². The van der Waals surface area contributed by atoms with E-state index in [2.05, 4.69) is 15.0 Å². The molecule has 0 aliphatic rings. The molecule has 0 radical (unpaired) electrons. The Kier molecular flexibility index (Phi) is 4.69. The van der Waals surface area contributed by atoms with Crippen LogP contribution in [-0.2, 0) is 4.79 Å². The van der Waals surface area contributed by atoms with Gasteiger partial charge in [0.25, 0.3) is 5.56 Å². The number of hydrogen-bond donors (Lipinski definition) is 1. The third-order valence-corrected chi connectivity index (χ3v) is 4.07. The molecule has 140 valence electrons. The summed E-state index contributed by atoms with van der Waals surface area (Å²) >= 11 is 5.91. The average molecular weight is 394 g/mol. The van der Waals surface area contributed by atoms with Crippen molar-refractivity contribution in [3.63, 3.8) is 0 Å². The second-order valence-electron chi connectivity index (χ2n) is 6.77. The van der Waals surface area contributed by atoms with Crippen molar-refractivity contribution in [1.82, 2.24) is 15.0 Å². The van der Waals surface area contributed by atoms with E-state index in [0.29, 0.717) is 0 Å². The summed E-state index contributed by atoms with van der Waals surface area (Å²) in [5.74, 6) is -2.93. The van der Waals surface area contributed by atoms with Crippen LogP contribution in [0.3, 0.4) is 0 Å². The lowest BCUT2D eigenvalue weighted by Gasteiger charge is -2.19. The molecule has 0 unspecified atom stereocenters. The summed E-state index contributed by atoms with van der Waals surface area (Å²) in [5, 5.41) is -0.614. The number of hydrogen-bond acceptors (Lipinski definition) is 5. The molecule has 0 bridgehead atoms. The zero-order chi connectivity index (χ0) is 19.9. The van der Waals surface area contributed by atoms with Crippen molar-refractivity contribution in [3.8, 4) is 16.9 Å². The van der Waals surface area contributed by atoms with Gasteiger partial charge in [0.15, 0.2) is 11.4 Å². The van der Waals surface area contributed by atoms with Gasteiger partial charge in [-0.15, -0.1) is 0 Å². The molecule has 0 fully saturated rings. The van der Waals surface area contributed by atoms with Gasteiger partial charge in [-0.2, -0.15) is 0 Å². The largest absolute Gasteiger partial charge is 0.423 e. The fourth-order valence-electron chi connectivity index (χ4n) is 2.32. The van der Waals surface area contributed by atoms with E-state index in [4.69, 9.17) is 16.3 Å². The Balaban J connectivity index is 2.42. The smallest absolute Gasteiger partial charge is 0.316 e. The van der Waals surface area contributed by atoms with Crippen molar-refractivity contribution < 1.29 is 18.3 Å². The Morgan fingerprint density at radius 3 is 2.41 bits per heavy atom. The molecule has 0 atom stereocenters. The Hall–Kier alpha value is -2.87. The highest BCUT2D eigenvalue weighted by molar-refractivity contribution is 6.33. The molecule has 0 saturated carbocycles. The number of fused-ring (bicyclic) bond motifs is 1. The number of rotatable bonds is 2. The van der Waals surface area contributed by atoms with Crippen molar-refractivity contribution in [2.24, 2.45) is 5.41 Å². The first kappa shape index (κ1) is 18.9. The minimum absolute atomic E-state index is 0.00410. The summed E-state index contributed by atoms with van der Waals surface area (Å²) in [6.45, 7) is 4.81. The maximum absolute atomic E-state index is 14.5. The molecule has 0 amide bonds. The van der Waals surface area contributed by atoms with Crippen LogP contribution in [0.4, 0.5) is 8.78 Å². The summed E-state index contributed by atoms with van der Waals surface area (Å²) in [7, 11) is 0. The molecule has 6 nitrogen and oxygen atoms in total. The Labute approximate surface area is 157 Å². The number of pyridine rings is 1. The first-order valence-corrected chi connectivity index (χ1v) is 8.22. The number of nitrogens with zero attached hydrogens (tertiary/aromatic N) is 2. The third kappa shape index (κ3) is 3.40. The molecular weight excluding hydrogens is 380 g/mol. The highest BCUT2D eigenvalue weighted by Gasteiger charge is 2.30. The van der Waals surface area contributed by atoms with E-state index in [1.807, 2.05) is 0 Å². The molecule has 0 saturated heterocycles. The molecule has 0 aliphatic heterocycles. The predicted molar refractivity (Wildman–Crippen MR) is 95.6 cm³/mol. The number of carbonyl (C=O) groups is 1. The zero-order valence-corrected chi connectivity index (χ0v) is 15.3. The van der Waals surface area contributed by atoms with Crippen molar-refractivity contribution in [1.29, 1.82) is 0 Å². The van der Waals surface area contributed by atoms with Gasteiger partial charge in [0.05, 0.1) is 16.0 Å². The van der Waals surface area contributed by atoms with Crippen molar-refractivity contribution in [3.05, 3.63) is 51.5 Å². The molecule has 0 spiro atoms. The van der Waals surface area contributed by atoms with Crippen LogP contribution in [-0.4, -0.2) is 20.9 Å². The van der Waals surface area contributed by atoms with E-state index in [0.717, 1.165) is 12.1 Å². The lowest BCUT2D eigenvalue weighted by Crippen LogP contribution is -2.27. The molecule has 0 aliphatic carbocycles. The van der Waals surface area contributed by atoms with E-state index in [-0.39, 0.29) is 16.9 Å². The number of aromatic nitrogens is 3. The van der Waals surface area contributed by atoms with Gasteiger partial charge in [0, 0.05) is 18.0 Å². The average Bonchev–Trinajstić information content (AvgIpc) is 2.59. The summed E-state index contributed by atoms with van der Waals surface area (Å²) in [4.78, 5) is 35.5. The third-order valence-electron chi connectivity index (χ3n) is 3.70. The van der Waals surface area contributed by atoms with Crippen molar-refractivity contribution >= 4 is 28.7 Å². The molecule has 1 aromatic carbocycles. The van der Waals surface area contributed by atoms with Crippen LogP contribution >= 0.6 is 11.6 Å². The minimum atomic E-state index is -0.955. The van der Waals surface area contributed by atoms with Gasteiger partial charge in [-0.05, 0) is 32.9 Å². The van der Waals surface area contributed by atoms with Crippen molar-refractivity contribution in [2.45, 2.75) is 20.8 Å². The van der Waals surface area contributed by atoms with E-state index in [1.54, 1.807) is 20.8 Å². The molecule has 3 rings (SSSR count). The van der Waals surface area contributed by atoms with Crippen molar-refractivity contribution in [2.75, 3.05) is 0 Å². The van der Waals surface area contributed by atoms with Crippen LogP contribution in [0.1, 0.15) is 20.8 Å². The summed E-state index contributed by atoms with van der Waals surface area (Å²) in [6.07, 6.45) is 2.63. The van der Waals surface area contributed by atoms with Gasteiger partial charge in [0.2, 0.25) is 0 Å². The van der Waals surface area contributed by atoms with Crippen LogP contribution in [0.15, 0.2) is 29.3 Å². The van der Waals surface area contributed by atoms with Crippen LogP contribution in [0, 0.1) is 17.0 Å². The molecule has 27 heavy (non-hydrogen) atoms. The lowest BCUT2D eigenvalue weighted by atomic mass is 9.97. The fraction of sp³-hybridized carbons (Fsp3) is 0.222. The standard InChI is InChI=1S/C18H14ClF2N3O3/c1-18(2,3)17(26)27-14-11(10-8(20)4-5-9(21)12(10)19)16(25)24-15-13(14)22-6-7-23-15/h4-7H,1-3H3,(H,23,24,25). The molecule has 1 N–H and O–H groups in total. The maximum Gasteiger partial charge on any atom is 0.316 e. The highest BCUT2D eigenvalue weighted by Crippen LogP contribution is 2.39. The Bertz CT molecular complexity index is 1120. The molecule has 3 aromatic rings. The SMILES string of the molecule is CC(C)(C)C(=O)Oc1c(-c2c(F)ccc(F)c2Cl)c(=O)[nH]c2nccnc12. The number of esters is 1. The fourth-order valence-corrected chi connectivity index (χ4v) is 2.56. The monoisotopic (exact) mass is 393 g/mol. The number of carbonyl (C=O) groups excluding carboxylic acids is 1. The van der Waals surface area contributed by atoms with E-state index in [1.165, 1.54) is 12.4 Å². The van der Waals surface area contributed by atoms with Crippen LogP contribution in [0.5, 0.6) is 5.75 Å². The number of benzene rings is 1. The summed E-state index contributed by atoms with van der Waals surface area (Å²) in [6, 6.07) is 1.66. The topological polar surface area (TPSA) is 84.9 Å². The first-order valence-electron chi connectivity index (χ1n) is 7.84. The number of nitrogens with one attached hydrogen (secondary N) is 1.